The topological polar surface area (TPSA) is 54.0 Å². The second-order valence-corrected chi connectivity index (χ2v) is 6.03. The van der Waals surface area contributed by atoms with Gasteiger partial charge in [0.15, 0.2) is 0 Å². The number of para-hydroxylation sites is 1. The first-order chi connectivity index (χ1) is 12.1. The van der Waals surface area contributed by atoms with E-state index in [1.807, 2.05) is 48.5 Å². The van der Waals surface area contributed by atoms with Crippen molar-refractivity contribution in [3.05, 3.63) is 83.6 Å². The first kappa shape index (κ1) is 16.7. The number of amides is 1. The molecule has 4 nitrogen and oxygen atoms in total. The summed E-state index contributed by atoms with van der Waals surface area (Å²) in [5, 5.41) is 6.21. The van der Waals surface area contributed by atoms with Crippen LogP contribution in [-0.4, -0.2) is 10.9 Å². The van der Waals surface area contributed by atoms with E-state index < -0.39 is 0 Å². The van der Waals surface area contributed by atoms with Crippen LogP contribution in [0.5, 0.6) is 0 Å². The van der Waals surface area contributed by atoms with Crippen LogP contribution in [-0.2, 0) is 11.2 Å². The Morgan fingerprint density at radius 1 is 0.920 bits per heavy atom. The number of pyridine rings is 1. The van der Waals surface area contributed by atoms with Gasteiger partial charge in [0.2, 0.25) is 5.91 Å². The fraction of sp³-hybridized carbons (Fsp3) is 0.143. The van der Waals surface area contributed by atoms with Crippen LogP contribution in [0.25, 0.3) is 0 Å². The van der Waals surface area contributed by atoms with Gasteiger partial charge in [-0.3, -0.25) is 4.79 Å². The molecule has 0 aliphatic heterocycles. The molecule has 3 rings (SSSR count). The summed E-state index contributed by atoms with van der Waals surface area (Å²) in [4.78, 5) is 16.5. The van der Waals surface area contributed by atoms with E-state index in [9.17, 15) is 4.79 Å². The molecule has 4 heteroatoms. The zero-order chi connectivity index (χ0) is 17.6. The van der Waals surface area contributed by atoms with E-state index in [0.717, 1.165) is 17.1 Å². The summed E-state index contributed by atoms with van der Waals surface area (Å²) < 4.78 is 0. The summed E-state index contributed by atoms with van der Waals surface area (Å²) in [5.74, 6) is 0.696. The van der Waals surface area contributed by atoms with E-state index in [-0.39, 0.29) is 5.91 Å². The van der Waals surface area contributed by atoms with Crippen molar-refractivity contribution < 1.29 is 4.79 Å². The molecule has 0 unspecified atom stereocenters. The van der Waals surface area contributed by atoms with Crippen LogP contribution < -0.4 is 10.6 Å². The Morgan fingerprint density at radius 3 is 2.28 bits per heavy atom. The molecule has 0 bridgehead atoms. The molecule has 0 saturated carbocycles. The molecule has 3 aromatic rings. The number of carbonyl (C=O) groups is 1. The molecule has 126 valence electrons. The number of anilines is 3. The van der Waals surface area contributed by atoms with Gasteiger partial charge in [0.05, 0.1) is 18.3 Å². The van der Waals surface area contributed by atoms with E-state index >= 15 is 0 Å². The van der Waals surface area contributed by atoms with Crippen LogP contribution in [0.4, 0.5) is 17.2 Å². The Kier molecular flexibility index (Phi) is 5.09. The summed E-state index contributed by atoms with van der Waals surface area (Å²) in [7, 11) is 0. The molecule has 1 aromatic heterocycles. The molecule has 0 aliphatic rings. The van der Waals surface area contributed by atoms with E-state index in [1.165, 1.54) is 11.1 Å². The number of rotatable bonds is 5. The fourth-order valence-electron chi connectivity index (χ4n) is 2.67. The predicted molar refractivity (Wildman–Crippen MR) is 102 cm³/mol. The SMILES string of the molecule is Cc1cccc(C)c1Nc1ccc(NC(=O)Cc2ccccc2)cn1. The molecule has 1 heterocycles. The Bertz CT molecular complexity index is 838. The van der Waals surface area contributed by atoms with E-state index in [4.69, 9.17) is 0 Å². The molecule has 0 saturated heterocycles. The zero-order valence-corrected chi connectivity index (χ0v) is 14.4. The fourth-order valence-corrected chi connectivity index (χ4v) is 2.67. The highest BCUT2D eigenvalue weighted by molar-refractivity contribution is 5.92. The minimum Gasteiger partial charge on any atom is -0.340 e. The van der Waals surface area contributed by atoms with Gasteiger partial charge in [-0.15, -0.1) is 0 Å². The van der Waals surface area contributed by atoms with Crippen LogP contribution in [0.2, 0.25) is 0 Å². The number of aryl methyl sites for hydroxylation is 2. The Hall–Kier alpha value is -3.14. The van der Waals surface area contributed by atoms with Gasteiger partial charge < -0.3 is 10.6 Å². The lowest BCUT2D eigenvalue weighted by molar-refractivity contribution is -0.115. The van der Waals surface area contributed by atoms with Gasteiger partial charge in [-0.25, -0.2) is 4.98 Å². The molecule has 2 N–H and O–H groups in total. The van der Waals surface area contributed by atoms with Crippen molar-refractivity contribution in [2.45, 2.75) is 20.3 Å². The summed E-state index contributed by atoms with van der Waals surface area (Å²) >= 11 is 0. The molecular formula is C21H21N3O. The third-order valence-electron chi connectivity index (χ3n) is 3.99. The number of hydrogen-bond donors (Lipinski definition) is 2. The zero-order valence-electron chi connectivity index (χ0n) is 14.4. The quantitative estimate of drug-likeness (QED) is 0.717. The van der Waals surface area contributed by atoms with Crippen molar-refractivity contribution in [1.82, 2.24) is 4.98 Å². The molecular weight excluding hydrogens is 310 g/mol. The van der Waals surface area contributed by atoms with Crippen molar-refractivity contribution in [2.24, 2.45) is 0 Å². The van der Waals surface area contributed by atoms with Crippen molar-refractivity contribution in [3.8, 4) is 0 Å². The Labute approximate surface area is 147 Å². The predicted octanol–water partition coefficient (Wildman–Crippen LogP) is 4.62. The minimum atomic E-state index is -0.0524. The minimum absolute atomic E-state index is 0.0524. The van der Waals surface area contributed by atoms with Crippen molar-refractivity contribution in [3.63, 3.8) is 0 Å². The van der Waals surface area contributed by atoms with Crippen molar-refractivity contribution in [1.29, 1.82) is 0 Å². The molecule has 0 aliphatic carbocycles. The van der Waals surface area contributed by atoms with Crippen LogP contribution in [0, 0.1) is 13.8 Å². The van der Waals surface area contributed by atoms with Crippen LogP contribution >= 0.6 is 0 Å². The molecule has 0 spiro atoms. The lowest BCUT2D eigenvalue weighted by atomic mass is 10.1. The average Bonchev–Trinajstić information content (AvgIpc) is 2.60. The molecule has 2 aromatic carbocycles. The van der Waals surface area contributed by atoms with Crippen LogP contribution in [0.3, 0.4) is 0 Å². The van der Waals surface area contributed by atoms with Crippen molar-refractivity contribution >= 4 is 23.1 Å². The Morgan fingerprint density at radius 2 is 1.64 bits per heavy atom. The van der Waals surface area contributed by atoms with Crippen LogP contribution in [0.1, 0.15) is 16.7 Å². The van der Waals surface area contributed by atoms with Crippen LogP contribution in [0.15, 0.2) is 66.9 Å². The summed E-state index contributed by atoms with van der Waals surface area (Å²) in [6.45, 7) is 4.13. The molecule has 1 amide bonds. The van der Waals surface area contributed by atoms with Gasteiger partial charge in [-0.1, -0.05) is 48.5 Å². The third-order valence-corrected chi connectivity index (χ3v) is 3.99. The maximum Gasteiger partial charge on any atom is 0.228 e. The second-order valence-electron chi connectivity index (χ2n) is 6.03. The summed E-state index contributed by atoms with van der Waals surface area (Å²) in [6.07, 6.45) is 2.02. The van der Waals surface area contributed by atoms with Gasteiger partial charge in [-0.05, 0) is 42.7 Å². The number of nitrogens with zero attached hydrogens (tertiary/aromatic N) is 1. The first-order valence-corrected chi connectivity index (χ1v) is 8.25. The molecule has 0 atom stereocenters. The third kappa shape index (κ3) is 4.44. The monoisotopic (exact) mass is 331 g/mol. The van der Waals surface area contributed by atoms with Gasteiger partial charge in [-0.2, -0.15) is 0 Å². The van der Waals surface area contributed by atoms with Gasteiger partial charge >= 0.3 is 0 Å². The molecule has 0 radical (unpaired) electrons. The smallest absolute Gasteiger partial charge is 0.228 e. The maximum atomic E-state index is 12.1. The lowest BCUT2D eigenvalue weighted by Crippen LogP contribution is -2.14. The average molecular weight is 331 g/mol. The van der Waals surface area contributed by atoms with Gasteiger partial charge in [0, 0.05) is 5.69 Å². The largest absolute Gasteiger partial charge is 0.340 e. The van der Waals surface area contributed by atoms with E-state index in [0.29, 0.717) is 12.1 Å². The van der Waals surface area contributed by atoms with E-state index in [2.05, 4.69) is 41.6 Å². The highest BCUT2D eigenvalue weighted by Gasteiger charge is 2.06. The highest BCUT2D eigenvalue weighted by atomic mass is 16.1. The number of hydrogen-bond acceptors (Lipinski definition) is 3. The standard InChI is InChI=1S/C21H21N3O/c1-15-7-6-8-16(2)21(15)24-19-12-11-18(14-22-19)23-20(25)13-17-9-4-3-5-10-17/h3-12,14H,13H2,1-2H3,(H,22,24)(H,23,25). The normalized spacial score (nSPS) is 10.3. The number of nitrogens with one attached hydrogen (secondary N) is 2. The summed E-state index contributed by atoms with van der Waals surface area (Å²) in [6, 6.07) is 19.6. The Balaban J connectivity index is 1.63. The molecule has 25 heavy (non-hydrogen) atoms. The van der Waals surface area contributed by atoms with Crippen molar-refractivity contribution in [2.75, 3.05) is 10.6 Å². The first-order valence-electron chi connectivity index (χ1n) is 8.25. The van der Waals surface area contributed by atoms with Gasteiger partial charge in [0.25, 0.3) is 0 Å². The number of benzene rings is 2. The number of aromatic nitrogens is 1. The summed E-state index contributed by atoms with van der Waals surface area (Å²) in [5.41, 5.74) is 5.08. The maximum absolute atomic E-state index is 12.1. The molecule has 0 fully saturated rings. The number of carbonyl (C=O) groups excluding carboxylic acids is 1. The second kappa shape index (κ2) is 7.62. The lowest BCUT2D eigenvalue weighted by Gasteiger charge is -2.12. The van der Waals surface area contributed by atoms with Gasteiger partial charge in [0.1, 0.15) is 5.82 Å². The highest BCUT2D eigenvalue weighted by Crippen LogP contribution is 2.23. The van der Waals surface area contributed by atoms with E-state index in [1.54, 1.807) is 6.20 Å².